The fourth-order valence-electron chi connectivity index (χ4n) is 4.57. The summed E-state index contributed by atoms with van der Waals surface area (Å²) in [5.74, 6) is 0.0449. The summed E-state index contributed by atoms with van der Waals surface area (Å²) in [7, 11) is 3.40. The lowest BCUT2D eigenvalue weighted by molar-refractivity contribution is -0.139. The Hall–Kier alpha value is -4.15. The van der Waals surface area contributed by atoms with Gasteiger partial charge in [-0.1, -0.05) is 0 Å². The van der Waals surface area contributed by atoms with E-state index in [9.17, 15) is 9.59 Å². The zero-order chi connectivity index (χ0) is 25.6. The summed E-state index contributed by atoms with van der Waals surface area (Å²) in [6, 6.07) is 3.26. The van der Waals surface area contributed by atoms with Crippen LogP contribution in [0.3, 0.4) is 0 Å². The van der Waals surface area contributed by atoms with Crippen LogP contribution in [0, 0.1) is 18.7 Å². The number of anilines is 3. The molecule has 0 radical (unpaired) electrons. The lowest BCUT2D eigenvalue weighted by Crippen LogP contribution is -2.43. The van der Waals surface area contributed by atoms with Gasteiger partial charge in [-0.2, -0.15) is 0 Å². The van der Waals surface area contributed by atoms with E-state index in [-0.39, 0.29) is 35.0 Å². The predicted octanol–water partition coefficient (Wildman–Crippen LogP) is 3.55. The molecule has 0 bridgehead atoms. The third kappa shape index (κ3) is 4.21. The van der Waals surface area contributed by atoms with E-state index in [0.717, 1.165) is 11.3 Å². The first kappa shape index (κ1) is 23.6. The summed E-state index contributed by atoms with van der Waals surface area (Å²) >= 11 is 0. The lowest BCUT2D eigenvalue weighted by Gasteiger charge is -2.34. The highest BCUT2D eigenvalue weighted by Crippen LogP contribution is 2.39. The molecule has 0 unspecified atom stereocenters. The number of aromatic nitrogens is 2. The zero-order valence-corrected chi connectivity index (χ0v) is 20.2. The molecule has 0 saturated heterocycles. The Morgan fingerprint density at radius 1 is 1.22 bits per heavy atom. The molecule has 1 aromatic carbocycles. The number of fused-ring (bicyclic) bond motifs is 2. The summed E-state index contributed by atoms with van der Waals surface area (Å²) in [6.45, 7) is 3.01. The Balaban J connectivity index is 1.37. The van der Waals surface area contributed by atoms with Gasteiger partial charge in [-0.15, -0.1) is 0 Å². The van der Waals surface area contributed by atoms with Crippen LogP contribution in [0.15, 0.2) is 24.5 Å². The average molecular weight is 495 g/mol. The van der Waals surface area contributed by atoms with Crippen molar-refractivity contribution in [2.24, 2.45) is 5.92 Å². The molecule has 2 aliphatic rings. The Morgan fingerprint density at radius 2 is 2.00 bits per heavy atom. The van der Waals surface area contributed by atoms with E-state index in [1.54, 1.807) is 32.4 Å². The van der Waals surface area contributed by atoms with Crippen LogP contribution >= 0.6 is 0 Å². The van der Waals surface area contributed by atoms with Crippen molar-refractivity contribution in [1.82, 2.24) is 14.9 Å². The number of rotatable bonds is 4. The van der Waals surface area contributed by atoms with Crippen LogP contribution < -0.4 is 21.1 Å². The highest BCUT2D eigenvalue weighted by Gasteiger charge is 2.37. The third-order valence-electron chi connectivity index (χ3n) is 6.62. The standard InChI is InChI=1S/C25H27FN6O4/c1-12-17(10-30-23-22(12)28-4-5-35-23)16-8-13-9-19(29-11-18(13)21(27)20(16)26)31-25(34)36-15-6-14(7-15)24(33)32(2)3/h8-11,14-15,28H,4-7,27H2,1-3H3,(H,29,31,34)/t14-,15+. The largest absolute Gasteiger partial charge is 0.474 e. The van der Waals surface area contributed by atoms with E-state index in [2.05, 4.69) is 20.6 Å². The van der Waals surface area contributed by atoms with Gasteiger partial charge in [-0.3, -0.25) is 10.1 Å². The molecule has 3 aromatic rings. The summed E-state index contributed by atoms with van der Waals surface area (Å²) in [4.78, 5) is 34.4. The fourth-order valence-corrected chi connectivity index (χ4v) is 4.57. The molecular formula is C25H27FN6O4. The Labute approximate surface area is 207 Å². The van der Waals surface area contributed by atoms with Gasteiger partial charge in [-0.05, 0) is 42.8 Å². The highest BCUT2D eigenvalue weighted by molar-refractivity contribution is 5.99. The number of nitrogen functional groups attached to an aromatic ring is 1. The molecule has 5 rings (SSSR count). The van der Waals surface area contributed by atoms with E-state index in [4.69, 9.17) is 15.2 Å². The summed E-state index contributed by atoms with van der Waals surface area (Å²) in [5, 5.41) is 6.87. The van der Waals surface area contributed by atoms with Crippen molar-refractivity contribution in [3.05, 3.63) is 35.9 Å². The van der Waals surface area contributed by atoms with Crippen LogP contribution in [0.2, 0.25) is 0 Å². The molecule has 2 amide bonds. The normalized spacial score (nSPS) is 18.3. The SMILES string of the molecule is Cc1c(-c2cc3cc(NC(=O)O[C@H]4C[C@@H](C(=O)N(C)C)C4)ncc3c(N)c2F)cnc2c1NCCO2. The Bertz CT molecular complexity index is 1370. The molecule has 0 spiro atoms. The molecule has 11 heteroatoms. The molecule has 188 valence electrons. The number of amides is 2. The van der Waals surface area contributed by atoms with E-state index >= 15 is 4.39 Å². The van der Waals surface area contributed by atoms with Crippen molar-refractivity contribution in [3.8, 4) is 17.0 Å². The van der Waals surface area contributed by atoms with Crippen LogP contribution in [0.5, 0.6) is 5.88 Å². The first-order valence-electron chi connectivity index (χ1n) is 11.7. The van der Waals surface area contributed by atoms with E-state index in [1.165, 1.54) is 11.1 Å². The Kier molecular flexibility index (Phi) is 5.99. The maximum absolute atomic E-state index is 15.3. The minimum Gasteiger partial charge on any atom is -0.474 e. The molecule has 2 aromatic heterocycles. The van der Waals surface area contributed by atoms with Crippen molar-refractivity contribution in [2.45, 2.75) is 25.9 Å². The molecule has 1 aliphatic heterocycles. The second-order valence-electron chi connectivity index (χ2n) is 9.25. The molecule has 4 N–H and O–H groups in total. The Morgan fingerprint density at radius 3 is 2.75 bits per heavy atom. The number of carbonyl (C=O) groups is 2. The molecule has 10 nitrogen and oxygen atoms in total. The monoisotopic (exact) mass is 494 g/mol. The maximum Gasteiger partial charge on any atom is 0.413 e. The quantitative estimate of drug-likeness (QED) is 0.469. The minimum atomic E-state index is -0.668. The number of nitrogens with two attached hydrogens (primary N) is 1. The van der Waals surface area contributed by atoms with Crippen molar-refractivity contribution in [1.29, 1.82) is 0 Å². The van der Waals surface area contributed by atoms with E-state index < -0.39 is 11.9 Å². The van der Waals surface area contributed by atoms with E-state index in [1.807, 2.05) is 6.92 Å². The first-order valence-corrected chi connectivity index (χ1v) is 11.7. The highest BCUT2D eigenvalue weighted by atomic mass is 19.1. The predicted molar refractivity (Wildman–Crippen MR) is 133 cm³/mol. The molecule has 1 saturated carbocycles. The van der Waals surface area contributed by atoms with Gasteiger partial charge in [-0.25, -0.2) is 19.2 Å². The van der Waals surface area contributed by atoms with Crippen molar-refractivity contribution in [3.63, 3.8) is 0 Å². The van der Waals surface area contributed by atoms with Gasteiger partial charge >= 0.3 is 6.09 Å². The number of nitrogens with zero attached hydrogens (tertiary/aromatic N) is 3. The van der Waals surface area contributed by atoms with Crippen molar-refractivity contribution >= 4 is 40.0 Å². The van der Waals surface area contributed by atoms with Gasteiger partial charge in [0.15, 0.2) is 5.82 Å². The smallest absolute Gasteiger partial charge is 0.413 e. The molecule has 0 atom stereocenters. The second kappa shape index (κ2) is 9.14. The molecular weight excluding hydrogens is 467 g/mol. The minimum absolute atomic E-state index is 0.0275. The van der Waals surface area contributed by atoms with Crippen LogP contribution in [-0.4, -0.2) is 60.2 Å². The molecule has 1 fully saturated rings. The summed E-state index contributed by atoms with van der Waals surface area (Å²) in [6.07, 6.45) is 2.96. The fraction of sp³-hybridized carbons (Fsp3) is 0.360. The molecule has 3 heterocycles. The number of nitrogens with one attached hydrogen (secondary N) is 2. The van der Waals surface area contributed by atoms with Gasteiger partial charge < -0.3 is 25.4 Å². The summed E-state index contributed by atoms with van der Waals surface area (Å²) < 4.78 is 26.3. The number of halogens is 1. The van der Waals surface area contributed by atoms with E-state index in [0.29, 0.717) is 48.2 Å². The van der Waals surface area contributed by atoms with Crippen LogP contribution in [0.4, 0.5) is 26.4 Å². The van der Waals surface area contributed by atoms with Gasteiger partial charge in [0.2, 0.25) is 11.8 Å². The number of benzene rings is 1. The number of carbonyl (C=O) groups excluding carboxylic acids is 2. The number of hydrogen-bond donors (Lipinski definition) is 3. The first-order chi connectivity index (χ1) is 17.2. The van der Waals surface area contributed by atoms with Gasteiger partial charge in [0.25, 0.3) is 0 Å². The van der Waals surface area contributed by atoms with Crippen LogP contribution in [0.1, 0.15) is 18.4 Å². The van der Waals surface area contributed by atoms with Crippen molar-refractivity contribution < 1.29 is 23.5 Å². The third-order valence-corrected chi connectivity index (χ3v) is 6.62. The van der Waals surface area contributed by atoms with Crippen molar-refractivity contribution in [2.75, 3.05) is 43.6 Å². The number of ether oxygens (including phenoxy) is 2. The van der Waals surface area contributed by atoms with Gasteiger partial charge in [0, 0.05) is 55.5 Å². The maximum atomic E-state index is 15.3. The number of hydrogen-bond acceptors (Lipinski definition) is 8. The average Bonchev–Trinajstić information content (AvgIpc) is 2.83. The topological polar surface area (TPSA) is 132 Å². The van der Waals surface area contributed by atoms with Gasteiger partial charge in [0.05, 0.1) is 5.69 Å². The number of pyridine rings is 2. The van der Waals surface area contributed by atoms with Gasteiger partial charge in [0.1, 0.15) is 24.2 Å². The zero-order valence-electron chi connectivity index (χ0n) is 20.2. The second-order valence-corrected chi connectivity index (χ2v) is 9.25. The summed E-state index contributed by atoms with van der Waals surface area (Å²) in [5.41, 5.74) is 8.46. The van der Waals surface area contributed by atoms with Crippen LogP contribution in [0.25, 0.3) is 21.9 Å². The molecule has 1 aliphatic carbocycles. The lowest BCUT2D eigenvalue weighted by atomic mass is 9.81. The molecule has 36 heavy (non-hydrogen) atoms. The van der Waals surface area contributed by atoms with Crippen LogP contribution in [-0.2, 0) is 9.53 Å².